The van der Waals surface area contributed by atoms with Crippen LogP contribution in [0.2, 0.25) is 0 Å². The average Bonchev–Trinajstić information content (AvgIpc) is 3.38. The second-order valence-electron chi connectivity index (χ2n) is 10.1. The molecule has 2 saturated heterocycles. The Morgan fingerprint density at radius 1 is 1.17 bits per heavy atom. The lowest BCUT2D eigenvalue weighted by Gasteiger charge is -2.29. The van der Waals surface area contributed by atoms with Crippen LogP contribution in [0.4, 0.5) is 4.39 Å². The molecule has 4 rings (SSSR count). The predicted octanol–water partition coefficient (Wildman–Crippen LogP) is 2.82. The number of carbonyl (C=O) groups excluding carboxylic acids is 1. The molecule has 2 aliphatic heterocycles. The molecule has 4 unspecified atom stereocenters. The van der Waals surface area contributed by atoms with Crippen LogP contribution in [0.3, 0.4) is 0 Å². The topological polar surface area (TPSA) is 156 Å². The Labute approximate surface area is 235 Å². The molecule has 226 valence electrons. The third-order valence-corrected chi connectivity index (χ3v) is 8.50. The number of para-hydroxylation sites is 1. The smallest absolute Gasteiger partial charge is 0.456 e. The average molecular weight is 600 g/mol. The van der Waals surface area contributed by atoms with Crippen LogP contribution in [-0.2, 0) is 32.8 Å². The van der Waals surface area contributed by atoms with Gasteiger partial charge in [0.2, 0.25) is 0 Å². The zero-order chi connectivity index (χ0) is 29.9. The van der Waals surface area contributed by atoms with Crippen molar-refractivity contribution in [2.45, 2.75) is 89.7 Å². The summed E-state index contributed by atoms with van der Waals surface area (Å²) in [6.07, 6.45) is -4.65. The minimum Gasteiger partial charge on any atom is -0.456 e. The van der Waals surface area contributed by atoms with Crippen LogP contribution in [0.15, 0.2) is 52.2 Å². The van der Waals surface area contributed by atoms with E-state index in [1.807, 2.05) is 18.8 Å². The highest BCUT2D eigenvalue weighted by Crippen LogP contribution is 2.48. The molecular weight excluding hydrogens is 564 g/mol. The summed E-state index contributed by atoms with van der Waals surface area (Å²) in [6.45, 7) is 7.43. The standard InChI is InChI=1S/C26H35FN3O10P/c1-6-21(32)39-22-19(38-24(26(22,5)27)30-13-12-20(31)28-25(30)33)14-35-41(34,40-18-10-8-7-9-11-18)29-15(2)23-36-16(3)17(4)37-23/h7-13,15-17,19,22-24H,6,14H2,1-5H3,(H,29,34)(H,28,31,33)/t15?,16?,17?,19-,22-,23?,24-,26-,41?/m1/s1. The first kappa shape index (κ1) is 31.1. The molecule has 0 spiro atoms. The molecular formula is C26H35FN3O10P. The maximum absolute atomic E-state index is 16.2. The molecule has 3 heterocycles. The van der Waals surface area contributed by atoms with Gasteiger partial charge in [-0.2, -0.15) is 0 Å². The van der Waals surface area contributed by atoms with Gasteiger partial charge in [0.25, 0.3) is 5.56 Å². The number of aromatic amines is 1. The van der Waals surface area contributed by atoms with Crippen molar-refractivity contribution >= 4 is 13.7 Å². The molecule has 2 aromatic rings. The first-order valence-electron chi connectivity index (χ1n) is 13.3. The highest BCUT2D eigenvalue weighted by atomic mass is 31.2. The van der Waals surface area contributed by atoms with E-state index >= 15 is 4.39 Å². The van der Waals surface area contributed by atoms with E-state index in [1.54, 1.807) is 37.3 Å². The van der Waals surface area contributed by atoms with Crippen LogP contribution < -0.4 is 20.9 Å². The second-order valence-corrected chi connectivity index (χ2v) is 11.8. The number of ether oxygens (including phenoxy) is 4. The Balaban J connectivity index is 1.59. The third kappa shape index (κ3) is 7.14. The Kier molecular flexibility index (Phi) is 9.52. The van der Waals surface area contributed by atoms with Gasteiger partial charge in [0.1, 0.15) is 11.9 Å². The summed E-state index contributed by atoms with van der Waals surface area (Å²) in [7, 11) is -4.23. The van der Waals surface area contributed by atoms with Crippen LogP contribution in [0.1, 0.15) is 47.3 Å². The van der Waals surface area contributed by atoms with Gasteiger partial charge < -0.3 is 23.5 Å². The second kappa shape index (κ2) is 12.6. The number of halogens is 1. The summed E-state index contributed by atoms with van der Waals surface area (Å²) in [4.78, 5) is 38.3. The van der Waals surface area contributed by atoms with Gasteiger partial charge in [-0.05, 0) is 39.8 Å². The van der Waals surface area contributed by atoms with Gasteiger partial charge in [0.15, 0.2) is 24.3 Å². The summed E-state index contributed by atoms with van der Waals surface area (Å²) in [5.74, 6) is -0.504. The zero-order valence-corrected chi connectivity index (χ0v) is 24.2. The highest BCUT2D eigenvalue weighted by Gasteiger charge is 2.58. The van der Waals surface area contributed by atoms with Crippen molar-refractivity contribution in [1.29, 1.82) is 0 Å². The lowest BCUT2D eigenvalue weighted by molar-refractivity contribution is -0.157. The number of benzene rings is 1. The van der Waals surface area contributed by atoms with Gasteiger partial charge in [-0.25, -0.2) is 18.8 Å². The van der Waals surface area contributed by atoms with Crippen molar-refractivity contribution in [1.82, 2.24) is 14.6 Å². The molecule has 13 nitrogen and oxygen atoms in total. The predicted molar refractivity (Wildman–Crippen MR) is 143 cm³/mol. The first-order valence-corrected chi connectivity index (χ1v) is 14.8. The molecule has 15 heteroatoms. The van der Waals surface area contributed by atoms with Crippen LogP contribution in [0, 0.1) is 0 Å². The molecule has 2 aliphatic rings. The third-order valence-electron chi connectivity index (χ3n) is 6.84. The fraction of sp³-hybridized carbons (Fsp3) is 0.577. The molecule has 0 radical (unpaired) electrons. The Morgan fingerprint density at radius 3 is 2.44 bits per heavy atom. The van der Waals surface area contributed by atoms with E-state index in [2.05, 4.69) is 5.09 Å². The number of H-pyrrole nitrogens is 1. The number of aromatic nitrogens is 2. The molecule has 1 aromatic carbocycles. The lowest BCUT2D eigenvalue weighted by atomic mass is 9.98. The van der Waals surface area contributed by atoms with Crippen LogP contribution in [-0.4, -0.2) is 64.5 Å². The number of nitrogens with one attached hydrogen (secondary N) is 2. The maximum Gasteiger partial charge on any atom is 0.459 e. The molecule has 0 amide bonds. The SMILES string of the molecule is CCC(=O)O[C@@H]1[C@@H](COP(=O)(NC(C)C2OC(C)C(C)O2)Oc2ccccc2)O[C@@H](n2ccc(=O)[nH]c2=O)[C@]1(C)F. The van der Waals surface area contributed by atoms with E-state index in [1.165, 1.54) is 6.92 Å². The van der Waals surface area contributed by atoms with Crippen LogP contribution in [0.25, 0.3) is 0 Å². The van der Waals surface area contributed by atoms with Crippen molar-refractivity contribution in [3.05, 3.63) is 63.4 Å². The van der Waals surface area contributed by atoms with E-state index in [9.17, 15) is 18.9 Å². The normalized spacial score (nSPS) is 31.9. The van der Waals surface area contributed by atoms with E-state index in [0.29, 0.717) is 0 Å². The van der Waals surface area contributed by atoms with Gasteiger partial charge >= 0.3 is 19.4 Å². The van der Waals surface area contributed by atoms with E-state index < -0.39 is 68.0 Å². The van der Waals surface area contributed by atoms with Crippen molar-refractivity contribution in [3.8, 4) is 5.75 Å². The number of alkyl halides is 1. The number of esters is 1. The van der Waals surface area contributed by atoms with Gasteiger partial charge in [-0.15, -0.1) is 0 Å². The lowest BCUT2D eigenvalue weighted by Crippen LogP contribution is -2.46. The summed E-state index contributed by atoms with van der Waals surface area (Å²) < 4.78 is 65.4. The van der Waals surface area contributed by atoms with Gasteiger partial charge in [0.05, 0.1) is 24.9 Å². The molecule has 2 fully saturated rings. The molecule has 8 atom stereocenters. The Hall–Kier alpha value is -2.87. The minimum absolute atomic E-state index is 0.0592. The van der Waals surface area contributed by atoms with E-state index in [0.717, 1.165) is 23.8 Å². The number of hydrogen-bond donors (Lipinski definition) is 2. The monoisotopic (exact) mass is 599 g/mol. The minimum atomic E-state index is -4.23. The van der Waals surface area contributed by atoms with Gasteiger partial charge in [-0.3, -0.25) is 23.7 Å². The largest absolute Gasteiger partial charge is 0.459 e. The molecule has 41 heavy (non-hydrogen) atoms. The summed E-state index contributed by atoms with van der Waals surface area (Å²) >= 11 is 0. The highest BCUT2D eigenvalue weighted by molar-refractivity contribution is 7.52. The van der Waals surface area contributed by atoms with Crippen LogP contribution >= 0.6 is 7.75 Å². The number of hydrogen-bond acceptors (Lipinski definition) is 10. The maximum atomic E-state index is 16.2. The summed E-state index contributed by atoms with van der Waals surface area (Å²) in [5, 5.41) is 2.80. The van der Waals surface area contributed by atoms with Crippen molar-refractivity contribution < 1.29 is 41.7 Å². The first-order chi connectivity index (χ1) is 19.3. The Morgan fingerprint density at radius 2 is 1.83 bits per heavy atom. The van der Waals surface area contributed by atoms with E-state index in [-0.39, 0.29) is 24.4 Å². The Bertz CT molecular complexity index is 1360. The van der Waals surface area contributed by atoms with Gasteiger partial charge in [-0.1, -0.05) is 25.1 Å². The molecule has 0 aliphatic carbocycles. The number of nitrogens with zero attached hydrogens (tertiary/aromatic N) is 1. The molecule has 0 saturated carbocycles. The number of rotatable bonds is 11. The van der Waals surface area contributed by atoms with Crippen LogP contribution in [0.5, 0.6) is 5.75 Å². The fourth-order valence-corrected chi connectivity index (χ4v) is 6.01. The van der Waals surface area contributed by atoms with E-state index in [4.69, 9.17) is 28.0 Å². The summed E-state index contributed by atoms with van der Waals surface area (Å²) in [6, 6.07) is 8.61. The zero-order valence-electron chi connectivity index (χ0n) is 23.4. The molecule has 2 N–H and O–H groups in total. The number of carbonyl (C=O) groups is 1. The van der Waals surface area contributed by atoms with Crippen molar-refractivity contribution in [2.75, 3.05) is 6.61 Å². The quantitative estimate of drug-likeness (QED) is 0.289. The van der Waals surface area contributed by atoms with Crippen molar-refractivity contribution in [3.63, 3.8) is 0 Å². The van der Waals surface area contributed by atoms with Gasteiger partial charge in [0, 0.05) is 18.7 Å². The van der Waals surface area contributed by atoms with Crippen molar-refractivity contribution in [2.24, 2.45) is 0 Å². The fourth-order valence-electron chi connectivity index (χ4n) is 4.47. The molecule has 1 aromatic heterocycles. The molecule has 0 bridgehead atoms. The summed E-state index contributed by atoms with van der Waals surface area (Å²) in [5.41, 5.74) is -4.07.